The molecule has 1 rings (SSSR count). The largest absolute Gasteiger partial charge is 0.269 e. The average molecular weight is 208 g/mol. The summed E-state index contributed by atoms with van der Waals surface area (Å²) in [7, 11) is 0. The number of aryl methyl sites for hydroxylation is 1. The van der Waals surface area contributed by atoms with Gasteiger partial charge in [-0.25, -0.2) is 5.11 Å². The molecule has 4 heteroatoms. The van der Waals surface area contributed by atoms with E-state index in [0.29, 0.717) is 6.42 Å². The molecule has 0 aliphatic rings. The number of nitro groups is 1. The van der Waals surface area contributed by atoms with Crippen LogP contribution < -0.4 is 0 Å². The fraction of sp³-hybridized carbons (Fsp3) is 0.455. The lowest BCUT2D eigenvalue weighted by Crippen LogP contribution is -1.90. The Bertz CT molecular complexity index is 308. The normalized spacial score (nSPS) is 10.2. The van der Waals surface area contributed by atoms with Gasteiger partial charge in [0.2, 0.25) is 0 Å². The first-order valence-corrected chi connectivity index (χ1v) is 5.05. The third-order valence-electron chi connectivity index (χ3n) is 2.26. The van der Waals surface area contributed by atoms with E-state index >= 15 is 0 Å². The van der Waals surface area contributed by atoms with E-state index in [2.05, 4.69) is 0 Å². The van der Waals surface area contributed by atoms with E-state index in [1.807, 2.05) is 0 Å². The topological polar surface area (TPSA) is 63.0 Å². The number of benzene rings is 1. The maximum Gasteiger partial charge on any atom is 0.269 e. The summed E-state index contributed by atoms with van der Waals surface area (Å²) in [6, 6.07) is 6.58. The lowest BCUT2D eigenvalue weighted by molar-refractivity contribution is -0.384. The summed E-state index contributed by atoms with van der Waals surface area (Å²) in [6.07, 6.45) is 3.51. The van der Waals surface area contributed by atoms with Gasteiger partial charge in [0.1, 0.15) is 0 Å². The van der Waals surface area contributed by atoms with Crippen molar-refractivity contribution in [2.24, 2.45) is 0 Å². The minimum atomic E-state index is -0.402. The molecule has 0 unspecified atom stereocenters. The van der Waals surface area contributed by atoms with Gasteiger partial charge >= 0.3 is 0 Å². The lowest BCUT2D eigenvalue weighted by atomic mass is 10.1. The zero-order valence-electron chi connectivity index (χ0n) is 8.52. The van der Waals surface area contributed by atoms with Gasteiger partial charge in [0.15, 0.2) is 0 Å². The van der Waals surface area contributed by atoms with Crippen molar-refractivity contribution in [2.75, 3.05) is 6.61 Å². The summed E-state index contributed by atoms with van der Waals surface area (Å²) >= 11 is 0. The number of hydrogen-bond donors (Lipinski definition) is 0. The molecular formula is C11H14NO3. The fourth-order valence-electron chi connectivity index (χ4n) is 1.39. The van der Waals surface area contributed by atoms with Crippen LogP contribution >= 0.6 is 0 Å². The number of nitrogens with zero attached hydrogens (tertiary/aromatic N) is 1. The molecule has 0 N–H and O–H groups in total. The average Bonchev–Trinajstić information content (AvgIpc) is 2.25. The maximum absolute atomic E-state index is 10.4. The molecule has 1 aromatic carbocycles. The Morgan fingerprint density at radius 1 is 1.07 bits per heavy atom. The Morgan fingerprint density at radius 2 is 1.73 bits per heavy atom. The van der Waals surface area contributed by atoms with Crippen LogP contribution in [0.3, 0.4) is 0 Å². The minimum Gasteiger partial charge on any atom is -0.258 e. The molecule has 0 heterocycles. The summed E-state index contributed by atoms with van der Waals surface area (Å²) in [6.45, 7) is -0.0136. The molecule has 1 radical (unpaired) electrons. The van der Waals surface area contributed by atoms with Crippen LogP contribution in [-0.2, 0) is 11.5 Å². The molecule has 0 aliphatic carbocycles. The first-order valence-electron chi connectivity index (χ1n) is 5.05. The molecule has 0 aromatic heterocycles. The van der Waals surface area contributed by atoms with Crippen LogP contribution in [0.25, 0.3) is 0 Å². The van der Waals surface area contributed by atoms with Gasteiger partial charge < -0.3 is 0 Å². The molecule has 0 amide bonds. The second-order valence-corrected chi connectivity index (χ2v) is 3.44. The lowest BCUT2D eigenvalue weighted by Gasteiger charge is -2.00. The van der Waals surface area contributed by atoms with Crippen molar-refractivity contribution in [3.05, 3.63) is 39.9 Å². The summed E-state index contributed by atoms with van der Waals surface area (Å²) in [5.74, 6) is 0. The SMILES string of the molecule is [O]CCCCCc1ccc([N+](=O)[O-])cc1. The minimum absolute atomic E-state index is 0.0136. The van der Waals surface area contributed by atoms with Crippen LogP contribution in [0.15, 0.2) is 24.3 Å². The summed E-state index contributed by atoms with van der Waals surface area (Å²) in [5, 5.41) is 20.6. The smallest absolute Gasteiger partial charge is 0.258 e. The molecule has 0 aliphatic heterocycles. The predicted octanol–water partition coefficient (Wildman–Crippen LogP) is 2.74. The Labute approximate surface area is 88.7 Å². The molecule has 0 bridgehead atoms. The molecule has 4 nitrogen and oxygen atoms in total. The van der Waals surface area contributed by atoms with E-state index in [-0.39, 0.29) is 12.3 Å². The molecule has 0 atom stereocenters. The monoisotopic (exact) mass is 208 g/mol. The van der Waals surface area contributed by atoms with Crippen molar-refractivity contribution in [3.8, 4) is 0 Å². The van der Waals surface area contributed by atoms with Crippen LogP contribution in [0.2, 0.25) is 0 Å². The third kappa shape index (κ3) is 4.08. The van der Waals surface area contributed by atoms with Crippen molar-refractivity contribution in [1.82, 2.24) is 0 Å². The fourth-order valence-corrected chi connectivity index (χ4v) is 1.39. The highest BCUT2D eigenvalue weighted by molar-refractivity contribution is 5.32. The van der Waals surface area contributed by atoms with E-state index in [0.717, 1.165) is 24.8 Å². The Balaban J connectivity index is 2.39. The first kappa shape index (κ1) is 11.7. The van der Waals surface area contributed by atoms with Gasteiger partial charge in [-0.05, 0) is 24.8 Å². The number of rotatable bonds is 6. The van der Waals surface area contributed by atoms with Crippen molar-refractivity contribution < 1.29 is 10.0 Å². The molecular weight excluding hydrogens is 194 g/mol. The van der Waals surface area contributed by atoms with E-state index in [9.17, 15) is 15.2 Å². The Hall–Kier alpha value is -1.42. The van der Waals surface area contributed by atoms with Gasteiger partial charge in [0.05, 0.1) is 11.5 Å². The molecule has 15 heavy (non-hydrogen) atoms. The van der Waals surface area contributed by atoms with Crippen LogP contribution in [0, 0.1) is 10.1 Å². The van der Waals surface area contributed by atoms with Gasteiger partial charge in [-0.15, -0.1) is 0 Å². The number of unbranched alkanes of at least 4 members (excludes halogenated alkanes) is 2. The van der Waals surface area contributed by atoms with E-state index in [1.54, 1.807) is 12.1 Å². The van der Waals surface area contributed by atoms with Crippen LogP contribution in [0.5, 0.6) is 0 Å². The second kappa shape index (κ2) is 6.14. The molecule has 0 saturated carbocycles. The van der Waals surface area contributed by atoms with Crippen molar-refractivity contribution in [1.29, 1.82) is 0 Å². The van der Waals surface area contributed by atoms with Crippen molar-refractivity contribution in [3.63, 3.8) is 0 Å². The molecule has 0 saturated heterocycles. The maximum atomic E-state index is 10.4. The van der Waals surface area contributed by atoms with Gasteiger partial charge in [-0.1, -0.05) is 18.6 Å². The number of hydrogen-bond acceptors (Lipinski definition) is 2. The van der Waals surface area contributed by atoms with Gasteiger partial charge in [0.25, 0.3) is 5.69 Å². The highest BCUT2D eigenvalue weighted by Crippen LogP contribution is 2.13. The van der Waals surface area contributed by atoms with Crippen molar-refractivity contribution in [2.45, 2.75) is 25.7 Å². The molecule has 0 fully saturated rings. The zero-order chi connectivity index (χ0) is 11.1. The van der Waals surface area contributed by atoms with E-state index in [1.165, 1.54) is 12.1 Å². The zero-order valence-corrected chi connectivity index (χ0v) is 8.52. The van der Waals surface area contributed by atoms with Crippen LogP contribution in [-0.4, -0.2) is 11.5 Å². The van der Waals surface area contributed by atoms with Gasteiger partial charge in [0, 0.05) is 12.1 Å². The summed E-state index contributed by atoms with van der Waals surface area (Å²) < 4.78 is 0. The standard InChI is InChI=1S/C11H14NO3/c13-9-3-1-2-4-10-5-7-11(8-6-10)12(14)15/h5-8H,1-4,9H2. The quantitative estimate of drug-likeness (QED) is 0.410. The van der Waals surface area contributed by atoms with E-state index < -0.39 is 4.92 Å². The third-order valence-corrected chi connectivity index (χ3v) is 2.26. The second-order valence-electron chi connectivity index (χ2n) is 3.44. The van der Waals surface area contributed by atoms with Gasteiger partial charge in [-0.2, -0.15) is 0 Å². The first-order chi connectivity index (χ1) is 7.24. The van der Waals surface area contributed by atoms with E-state index in [4.69, 9.17) is 0 Å². The molecule has 0 spiro atoms. The number of nitro benzene ring substituents is 1. The van der Waals surface area contributed by atoms with Crippen molar-refractivity contribution >= 4 is 5.69 Å². The number of non-ortho nitro benzene ring substituents is 1. The predicted molar refractivity (Wildman–Crippen MR) is 56.2 cm³/mol. The Kier molecular flexibility index (Phi) is 4.77. The van der Waals surface area contributed by atoms with Crippen LogP contribution in [0.1, 0.15) is 24.8 Å². The Morgan fingerprint density at radius 3 is 2.27 bits per heavy atom. The highest BCUT2D eigenvalue weighted by atomic mass is 16.6. The molecule has 81 valence electrons. The summed E-state index contributed by atoms with van der Waals surface area (Å²) in [5.41, 5.74) is 1.21. The molecule has 1 aromatic rings. The van der Waals surface area contributed by atoms with Crippen LogP contribution in [0.4, 0.5) is 5.69 Å². The van der Waals surface area contributed by atoms with Gasteiger partial charge in [-0.3, -0.25) is 10.1 Å². The highest BCUT2D eigenvalue weighted by Gasteiger charge is 2.03. The summed E-state index contributed by atoms with van der Waals surface area (Å²) in [4.78, 5) is 9.98.